The van der Waals surface area contributed by atoms with Crippen LogP contribution in [0.25, 0.3) is 0 Å². The Kier molecular flexibility index (Phi) is 4.65. The number of pyridine rings is 2. The molecule has 5 nitrogen and oxygen atoms in total. The zero-order valence-corrected chi connectivity index (χ0v) is 14.1. The van der Waals surface area contributed by atoms with E-state index in [4.69, 9.17) is 9.72 Å². The predicted octanol–water partition coefficient (Wildman–Crippen LogP) is 2.82. The summed E-state index contributed by atoms with van der Waals surface area (Å²) in [6.45, 7) is 8.10. The Morgan fingerprint density at radius 3 is 2.57 bits per heavy atom. The lowest BCUT2D eigenvalue weighted by molar-refractivity contribution is 0.412. The van der Waals surface area contributed by atoms with Gasteiger partial charge in [-0.25, -0.2) is 4.98 Å². The fourth-order valence-corrected chi connectivity index (χ4v) is 3.11. The van der Waals surface area contributed by atoms with Crippen molar-refractivity contribution >= 4 is 11.5 Å². The first-order chi connectivity index (χ1) is 11.2. The number of aryl methyl sites for hydroxylation is 2. The maximum absolute atomic E-state index is 5.50. The molecule has 3 rings (SSSR count). The Morgan fingerprint density at radius 1 is 1.00 bits per heavy atom. The minimum atomic E-state index is 0.851. The lowest BCUT2D eigenvalue weighted by Crippen LogP contribution is -2.31. The van der Waals surface area contributed by atoms with Gasteiger partial charge in [0.05, 0.1) is 7.11 Å². The molecule has 2 aromatic heterocycles. The molecule has 23 heavy (non-hydrogen) atoms. The number of hydrogen-bond acceptors (Lipinski definition) is 5. The van der Waals surface area contributed by atoms with Crippen LogP contribution in [0.1, 0.15) is 17.7 Å². The highest BCUT2D eigenvalue weighted by Gasteiger charge is 2.20. The third-order valence-corrected chi connectivity index (χ3v) is 4.33. The smallest absolute Gasteiger partial charge is 0.171 e. The van der Waals surface area contributed by atoms with Gasteiger partial charge >= 0.3 is 0 Å². The van der Waals surface area contributed by atoms with Gasteiger partial charge < -0.3 is 14.5 Å². The highest BCUT2D eigenvalue weighted by atomic mass is 16.5. The third-order valence-electron chi connectivity index (χ3n) is 4.33. The van der Waals surface area contributed by atoms with Crippen molar-refractivity contribution in [2.45, 2.75) is 20.3 Å². The van der Waals surface area contributed by atoms with Crippen LogP contribution in [0.2, 0.25) is 0 Å². The van der Waals surface area contributed by atoms with E-state index < -0.39 is 0 Å². The molecule has 0 atom stereocenters. The molecule has 1 aliphatic rings. The Labute approximate surface area is 137 Å². The van der Waals surface area contributed by atoms with Gasteiger partial charge in [-0.3, -0.25) is 4.98 Å². The van der Waals surface area contributed by atoms with Crippen LogP contribution in [0.3, 0.4) is 0 Å². The molecule has 0 bridgehead atoms. The highest BCUT2D eigenvalue weighted by Crippen LogP contribution is 2.28. The van der Waals surface area contributed by atoms with E-state index in [0.717, 1.165) is 49.9 Å². The third kappa shape index (κ3) is 3.38. The molecule has 1 aliphatic heterocycles. The van der Waals surface area contributed by atoms with Crippen molar-refractivity contribution in [3.63, 3.8) is 0 Å². The van der Waals surface area contributed by atoms with Crippen molar-refractivity contribution < 1.29 is 4.74 Å². The molecule has 122 valence electrons. The summed E-state index contributed by atoms with van der Waals surface area (Å²) in [7, 11) is 1.71. The molecule has 0 spiro atoms. The first-order valence-corrected chi connectivity index (χ1v) is 8.11. The molecule has 0 aliphatic carbocycles. The van der Waals surface area contributed by atoms with Crippen LogP contribution in [0.5, 0.6) is 5.75 Å². The quantitative estimate of drug-likeness (QED) is 0.872. The Balaban J connectivity index is 1.79. The second-order valence-electron chi connectivity index (χ2n) is 5.97. The molecular formula is C18H24N4O. The lowest BCUT2D eigenvalue weighted by atomic mass is 10.2. The number of nitrogens with zero attached hydrogens (tertiary/aromatic N) is 4. The molecule has 0 saturated carbocycles. The fourth-order valence-electron chi connectivity index (χ4n) is 3.11. The van der Waals surface area contributed by atoms with E-state index in [-0.39, 0.29) is 0 Å². The molecule has 0 unspecified atom stereocenters. The minimum absolute atomic E-state index is 0.851. The number of methoxy groups -OCH3 is 1. The minimum Gasteiger partial charge on any atom is -0.493 e. The molecule has 0 amide bonds. The monoisotopic (exact) mass is 312 g/mol. The van der Waals surface area contributed by atoms with Crippen LogP contribution in [0.4, 0.5) is 11.5 Å². The normalized spacial score (nSPS) is 15.4. The van der Waals surface area contributed by atoms with Crippen molar-refractivity contribution in [3.05, 3.63) is 41.9 Å². The zero-order chi connectivity index (χ0) is 16.2. The van der Waals surface area contributed by atoms with Gasteiger partial charge in [0.2, 0.25) is 0 Å². The van der Waals surface area contributed by atoms with Crippen LogP contribution in [0, 0.1) is 13.8 Å². The summed E-state index contributed by atoms with van der Waals surface area (Å²) in [4.78, 5) is 13.7. The molecule has 1 fully saturated rings. The topological polar surface area (TPSA) is 41.5 Å². The van der Waals surface area contributed by atoms with Crippen LogP contribution >= 0.6 is 0 Å². The van der Waals surface area contributed by atoms with E-state index in [9.17, 15) is 0 Å². The molecule has 0 aromatic carbocycles. The Bertz CT molecular complexity index is 674. The summed E-state index contributed by atoms with van der Waals surface area (Å²) >= 11 is 0. The molecule has 0 N–H and O–H groups in total. The van der Waals surface area contributed by atoms with Gasteiger partial charge in [0.1, 0.15) is 0 Å². The summed E-state index contributed by atoms with van der Waals surface area (Å²) < 4.78 is 5.50. The number of anilines is 2. The van der Waals surface area contributed by atoms with Crippen molar-refractivity contribution in [2.75, 3.05) is 43.1 Å². The van der Waals surface area contributed by atoms with Crippen molar-refractivity contribution in [1.29, 1.82) is 0 Å². The van der Waals surface area contributed by atoms with Gasteiger partial charge in [0, 0.05) is 50.0 Å². The van der Waals surface area contributed by atoms with E-state index in [1.54, 1.807) is 7.11 Å². The summed E-state index contributed by atoms with van der Waals surface area (Å²) in [6, 6.07) is 6.11. The summed E-state index contributed by atoms with van der Waals surface area (Å²) in [6.07, 6.45) is 4.90. The van der Waals surface area contributed by atoms with Gasteiger partial charge in [0.25, 0.3) is 0 Å². The second kappa shape index (κ2) is 6.86. The maximum Gasteiger partial charge on any atom is 0.171 e. The van der Waals surface area contributed by atoms with Crippen molar-refractivity contribution in [1.82, 2.24) is 9.97 Å². The molecule has 3 heterocycles. The van der Waals surface area contributed by atoms with Gasteiger partial charge in [0.15, 0.2) is 11.6 Å². The van der Waals surface area contributed by atoms with E-state index in [1.165, 1.54) is 11.3 Å². The predicted molar refractivity (Wildman–Crippen MR) is 93.5 cm³/mol. The van der Waals surface area contributed by atoms with Crippen LogP contribution in [-0.4, -0.2) is 43.3 Å². The largest absolute Gasteiger partial charge is 0.493 e. The number of hydrogen-bond donors (Lipinski definition) is 0. The first-order valence-electron chi connectivity index (χ1n) is 8.11. The standard InChI is InChI=1S/C18H24N4O/c1-14-13-19-8-7-16(14)21-9-4-10-22(12-11-21)18-17(23-3)6-5-15(2)20-18/h5-8,13H,4,9-12H2,1-3H3. The molecule has 2 aromatic rings. The Morgan fingerprint density at radius 2 is 1.78 bits per heavy atom. The first kappa shape index (κ1) is 15.6. The maximum atomic E-state index is 5.50. The van der Waals surface area contributed by atoms with E-state index in [2.05, 4.69) is 27.8 Å². The highest BCUT2D eigenvalue weighted by molar-refractivity contribution is 5.55. The van der Waals surface area contributed by atoms with Crippen LogP contribution in [0.15, 0.2) is 30.6 Å². The average molecular weight is 312 g/mol. The molecule has 0 radical (unpaired) electrons. The van der Waals surface area contributed by atoms with Gasteiger partial charge in [-0.2, -0.15) is 0 Å². The number of ether oxygens (including phenoxy) is 1. The average Bonchev–Trinajstić information content (AvgIpc) is 2.81. The van der Waals surface area contributed by atoms with E-state index >= 15 is 0 Å². The van der Waals surface area contributed by atoms with Crippen molar-refractivity contribution in [3.8, 4) is 5.75 Å². The zero-order valence-electron chi connectivity index (χ0n) is 14.1. The fraction of sp³-hybridized carbons (Fsp3) is 0.444. The molecular weight excluding hydrogens is 288 g/mol. The Hall–Kier alpha value is -2.30. The molecule has 5 heteroatoms. The lowest BCUT2D eigenvalue weighted by Gasteiger charge is -2.26. The van der Waals surface area contributed by atoms with Crippen molar-refractivity contribution in [2.24, 2.45) is 0 Å². The van der Waals surface area contributed by atoms with E-state index in [0.29, 0.717) is 0 Å². The SMILES string of the molecule is COc1ccc(C)nc1N1CCCN(c2ccncc2C)CC1. The molecule has 1 saturated heterocycles. The summed E-state index contributed by atoms with van der Waals surface area (Å²) in [5.41, 5.74) is 3.53. The second-order valence-corrected chi connectivity index (χ2v) is 5.97. The van der Waals surface area contributed by atoms with Gasteiger partial charge in [-0.05, 0) is 44.0 Å². The van der Waals surface area contributed by atoms with Crippen LogP contribution in [-0.2, 0) is 0 Å². The van der Waals surface area contributed by atoms with Gasteiger partial charge in [-0.15, -0.1) is 0 Å². The summed E-state index contributed by atoms with van der Waals surface area (Å²) in [5.74, 6) is 1.81. The number of aromatic nitrogens is 2. The van der Waals surface area contributed by atoms with Crippen LogP contribution < -0.4 is 14.5 Å². The van der Waals surface area contributed by atoms with E-state index in [1.807, 2.05) is 31.5 Å². The van der Waals surface area contributed by atoms with Gasteiger partial charge in [-0.1, -0.05) is 0 Å². The number of rotatable bonds is 3. The summed E-state index contributed by atoms with van der Waals surface area (Å²) in [5, 5.41) is 0.